The van der Waals surface area contributed by atoms with E-state index in [4.69, 9.17) is 9.47 Å². The highest BCUT2D eigenvalue weighted by atomic mass is 16.7. The van der Waals surface area contributed by atoms with Crippen LogP contribution in [0.25, 0.3) is 0 Å². The predicted molar refractivity (Wildman–Crippen MR) is 88.6 cm³/mol. The minimum Gasteiger partial charge on any atom is -0.346 e. The molecule has 23 heavy (non-hydrogen) atoms. The molecule has 2 heterocycles. The molecular formula is C17H25N3O3. The number of para-hydroxylation sites is 1. The van der Waals surface area contributed by atoms with Crippen LogP contribution in [0.2, 0.25) is 0 Å². The minimum atomic E-state index is -0.388. The highest BCUT2D eigenvalue weighted by Gasteiger charge is 2.42. The number of carbonyl (C=O) groups is 1. The Labute approximate surface area is 137 Å². The van der Waals surface area contributed by atoms with Gasteiger partial charge in [0.05, 0.1) is 19.8 Å². The van der Waals surface area contributed by atoms with Gasteiger partial charge in [-0.3, -0.25) is 4.90 Å². The average Bonchev–Trinajstić information content (AvgIpc) is 3.14. The highest BCUT2D eigenvalue weighted by Crippen LogP contribution is 2.29. The van der Waals surface area contributed by atoms with Gasteiger partial charge < -0.3 is 20.1 Å². The first-order chi connectivity index (χ1) is 11.1. The van der Waals surface area contributed by atoms with E-state index in [1.807, 2.05) is 32.0 Å². The van der Waals surface area contributed by atoms with Crippen molar-refractivity contribution in [1.82, 2.24) is 10.2 Å². The zero-order chi connectivity index (χ0) is 16.3. The van der Waals surface area contributed by atoms with Crippen LogP contribution in [-0.2, 0) is 9.47 Å². The van der Waals surface area contributed by atoms with Gasteiger partial charge in [0.1, 0.15) is 0 Å². The van der Waals surface area contributed by atoms with E-state index in [1.165, 1.54) is 0 Å². The molecule has 2 N–H and O–H groups in total. The Morgan fingerprint density at radius 1 is 1.26 bits per heavy atom. The maximum Gasteiger partial charge on any atom is 0.319 e. The number of aryl methyl sites for hydroxylation is 2. The number of hydrogen-bond donors (Lipinski definition) is 2. The van der Waals surface area contributed by atoms with Gasteiger partial charge >= 0.3 is 6.03 Å². The average molecular weight is 319 g/mol. The summed E-state index contributed by atoms with van der Waals surface area (Å²) in [6, 6.07) is 5.82. The van der Waals surface area contributed by atoms with E-state index < -0.39 is 0 Å². The number of nitrogens with one attached hydrogen (secondary N) is 2. The Bertz CT molecular complexity index is 550. The van der Waals surface area contributed by atoms with E-state index in [1.54, 1.807) is 0 Å². The summed E-state index contributed by atoms with van der Waals surface area (Å²) in [5, 5.41) is 5.85. The van der Waals surface area contributed by atoms with E-state index in [2.05, 4.69) is 15.5 Å². The van der Waals surface area contributed by atoms with E-state index in [0.29, 0.717) is 19.8 Å². The Morgan fingerprint density at radius 2 is 1.96 bits per heavy atom. The molecule has 126 valence electrons. The van der Waals surface area contributed by atoms with Crippen LogP contribution in [0.15, 0.2) is 18.2 Å². The van der Waals surface area contributed by atoms with Crippen molar-refractivity contribution in [3.8, 4) is 0 Å². The normalized spacial score (nSPS) is 20.1. The number of amides is 2. The molecular weight excluding hydrogens is 294 g/mol. The summed E-state index contributed by atoms with van der Waals surface area (Å²) < 4.78 is 11.4. The molecule has 2 amide bonds. The van der Waals surface area contributed by atoms with Crippen LogP contribution in [0.1, 0.15) is 17.5 Å². The van der Waals surface area contributed by atoms with E-state index >= 15 is 0 Å². The lowest BCUT2D eigenvalue weighted by atomic mass is 10.1. The summed E-state index contributed by atoms with van der Waals surface area (Å²) >= 11 is 0. The molecule has 2 aliphatic heterocycles. The number of carbonyl (C=O) groups excluding carboxylic acids is 1. The first-order valence-electron chi connectivity index (χ1n) is 8.19. The first-order valence-corrected chi connectivity index (χ1v) is 8.19. The van der Waals surface area contributed by atoms with Gasteiger partial charge in [0.15, 0.2) is 5.79 Å². The number of urea groups is 1. The first kappa shape index (κ1) is 16.2. The maximum atomic E-state index is 12.1. The number of likely N-dealkylation sites (tertiary alicyclic amines) is 1. The topological polar surface area (TPSA) is 62.8 Å². The molecule has 0 unspecified atom stereocenters. The lowest BCUT2D eigenvalue weighted by molar-refractivity contribution is -0.145. The summed E-state index contributed by atoms with van der Waals surface area (Å²) in [5.41, 5.74) is 3.02. The van der Waals surface area contributed by atoms with Gasteiger partial charge in [-0.1, -0.05) is 18.2 Å². The van der Waals surface area contributed by atoms with Crippen LogP contribution in [0.3, 0.4) is 0 Å². The van der Waals surface area contributed by atoms with Crippen LogP contribution < -0.4 is 10.6 Å². The molecule has 1 aromatic carbocycles. The van der Waals surface area contributed by atoms with E-state index in [9.17, 15) is 4.79 Å². The molecule has 2 fully saturated rings. The third-order valence-corrected chi connectivity index (χ3v) is 4.52. The number of benzene rings is 1. The molecule has 2 saturated heterocycles. The Kier molecular flexibility index (Phi) is 4.84. The fourth-order valence-electron chi connectivity index (χ4n) is 3.25. The number of rotatable bonds is 4. The highest BCUT2D eigenvalue weighted by molar-refractivity contribution is 5.90. The van der Waals surface area contributed by atoms with Crippen LogP contribution in [0.4, 0.5) is 10.5 Å². The second-order valence-corrected chi connectivity index (χ2v) is 6.28. The smallest absolute Gasteiger partial charge is 0.319 e. The molecule has 6 nitrogen and oxygen atoms in total. The van der Waals surface area contributed by atoms with Crippen molar-refractivity contribution in [2.45, 2.75) is 26.1 Å². The van der Waals surface area contributed by atoms with Crippen LogP contribution >= 0.6 is 0 Å². The van der Waals surface area contributed by atoms with Gasteiger partial charge in [0.2, 0.25) is 0 Å². The van der Waals surface area contributed by atoms with Crippen molar-refractivity contribution in [2.24, 2.45) is 0 Å². The lowest BCUT2D eigenvalue weighted by Crippen LogP contribution is -2.39. The van der Waals surface area contributed by atoms with Crippen molar-refractivity contribution in [3.05, 3.63) is 29.3 Å². The molecule has 2 aliphatic rings. The molecule has 1 spiro atoms. The van der Waals surface area contributed by atoms with E-state index in [0.717, 1.165) is 42.9 Å². The van der Waals surface area contributed by atoms with Crippen molar-refractivity contribution < 1.29 is 14.3 Å². The molecule has 6 heteroatoms. The van der Waals surface area contributed by atoms with Crippen molar-refractivity contribution in [1.29, 1.82) is 0 Å². The van der Waals surface area contributed by atoms with Gasteiger partial charge in [0, 0.05) is 31.7 Å². The predicted octanol–water partition coefficient (Wildman–Crippen LogP) is 1.87. The summed E-state index contributed by atoms with van der Waals surface area (Å²) in [5.74, 6) is -0.388. The molecule has 1 aromatic rings. The minimum absolute atomic E-state index is 0.162. The number of nitrogens with zero attached hydrogens (tertiary/aromatic N) is 1. The second-order valence-electron chi connectivity index (χ2n) is 6.28. The van der Waals surface area contributed by atoms with Crippen LogP contribution in [0.5, 0.6) is 0 Å². The van der Waals surface area contributed by atoms with Gasteiger partial charge in [-0.25, -0.2) is 4.79 Å². The number of ether oxygens (including phenoxy) is 2. The summed E-state index contributed by atoms with van der Waals surface area (Å²) in [6.45, 7) is 8.49. The zero-order valence-corrected chi connectivity index (χ0v) is 13.9. The quantitative estimate of drug-likeness (QED) is 0.889. The van der Waals surface area contributed by atoms with Gasteiger partial charge in [0.25, 0.3) is 0 Å². The second kappa shape index (κ2) is 6.86. The standard InChI is InChI=1S/C17H25N3O3/c1-13-4-3-5-14(2)15(13)19-16(21)18-7-9-20-8-6-17(12-20)22-10-11-23-17/h3-5H,6-12H2,1-2H3,(H2,18,19,21). The van der Waals surface area contributed by atoms with Gasteiger partial charge in [-0.05, 0) is 25.0 Å². The lowest BCUT2D eigenvalue weighted by Gasteiger charge is -2.22. The largest absolute Gasteiger partial charge is 0.346 e. The third kappa shape index (κ3) is 3.83. The summed E-state index contributed by atoms with van der Waals surface area (Å²) in [6.07, 6.45) is 0.904. The number of anilines is 1. The summed E-state index contributed by atoms with van der Waals surface area (Å²) in [7, 11) is 0. The fraction of sp³-hybridized carbons (Fsp3) is 0.588. The van der Waals surface area contributed by atoms with Crippen LogP contribution in [-0.4, -0.2) is 56.1 Å². The Balaban J connectivity index is 1.42. The SMILES string of the molecule is Cc1cccc(C)c1NC(=O)NCCN1CCC2(C1)OCCO2. The molecule has 3 rings (SSSR count). The monoisotopic (exact) mass is 319 g/mol. The van der Waals surface area contributed by atoms with Crippen molar-refractivity contribution in [3.63, 3.8) is 0 Å². The summed E-state index contributed by atoms with van der Waals surface area (Å²) in [4.78, 5) is 14.3. The van der Waals surface area contributed by atoms with Crippen molar-refractivity contribution in [2.75, 3.05) is 44.7 Å². The van der Waals surface area contributed by atoms with E-state index in [-0.39, 0.29) is 11.8 Å². The maximum absolute atomic E-state index is 12.1. The van der Waals surface area contributed by atoms with Gasteiger partial charge in [-0.2, -0.15) is 0 Å². The third-order valence-electron chi connectivity index (χ3n) is 4.52. The molecule has 0 radical (unpaired) electrons. The molecule has 0 bridgehead atoms. The zero-order valence-electron chi connectivity index (χ0n) is 13.9. The molecule has 0 atom stereocenters. The molecule has 0 aliphatic carbocycles. The Morgan fingerprint density at radius 3 is 2.65 bits per heavy atom. The molecule has 0 saturated carbocycles. The molecule has 0 aromatic heterocycles. The Hall–Kier alpha value is -1.63. The number of hydrogen-bond acceptors (Lipinski definition) is 4. The van der Waals surface area contributed by atoms with Crippen molar-refractivity contribution >= 4 is 11.7 Å². The van der Waals surface area contributed by atoms with Gasteiger partial charge in [-0.15, -0.1) is 0 Å². The fourth-order valence-corrected chi connectivity index (χ4v) is 3.25. The van der Waals surface area contributed by atoms with Crippen LogP contribution in [0, 0.1) is 13.8 Å².